The van der Waals surface area contributed by atoms with Gasteiger partial charge in [0.25, 0.3) is 0 Å². The van der Waals surface area contributed by atoms with E-state index in [1.54, 1.807) is 6.92 Å². The average molecular weight is 420 g/mol. The van der Waals surface area contributed by atoms with E-state index in [1.165, 1.54) is 32.1 Å². The van der Waals surface area contributed by atoms with Crippen molar-refractivity contribution in [2.45, 2.75) is 70.0 Å². The van der Waals surface area contributed by atoms with Crippen LogP contribution >= 0.6 is 0 Å². The zero-order valence-electron chi connectivity index (χ0n) is 18.1. The molecule has 2 atom stereocenters. The average Bonchev–Trinajstić information content (AvgIpc) is 3.18. The smallest absolute Gasteiger partial charge is 0.242 e. The number of nitrogens with two attached hydrogens (primary N) is 1. The number of likely N-dealkylation sites (tertiary alicyclic amines) is 1. The van der Waals surface area contributed by atoms with E-state index in [0.29, 0.717) is 31.0 Å². The van der Waals surface area contributed by atoms with E-state index in [0.717, 1.165) is 31.2 Å². The molecule has 1 aliphatic heterocycles. The monoisotopic (exact) mass is 419 g/mol. The lowest BCUT2D eigenvalue weighted by molar-refractivity contribution is -0.129. The molecular formula is C22H37N5O3. The lowest BCUT2D eigenvalue weighted by Crippen LogP contribution is -2.58. The van der Waals surface area contributed by atoms with E-state index in [9.17, 15) is 14.4 Å². The fourth-order valence-corrected chi connectivity index (χ4v) is 6.65. The molecule has 4 bridgehead atoms. The van der Waals surface area contributed by atoms with Crippen molar-refractivity contribution in [2.24, 2.45) is 29.4 Å². The molecule has 30 heavy (non-hydrogen) atoms. The molecule has 5 fully saturated rings. The molecule has 5 rings (SSSR count). The first-order chi connectivity index (χ1) is 14.4. The van der Waals surface area contributed by atoms with Gasteiger partial charge >= 0.3 is 0 Å². The van der Waals surface area contributed by atoms with Crippen molar-refractivity contribution in [3.05, 3.63) is 0 Å². The van der Waals surface area contributed by atoms with Crippen molar-refractivity contribution >= 4 is 17.7 Å². The third kappa shape index (κ3) is 4.64. The molecule has 8 nitrogen and oxygen atoms in total. The van der Waals surface area contributed by atoms with Crippen molar-refractivity contribution in [3.63, 3.8) is 0 Å². The molecule has 0 unspecified atom stereocenters. The number of nitrogens with one attached hydrogen (secondary N) is 3. The summed E-state index contributed by atoms with van der Waals surface area (Å²) in [7, 11) is 0. The van der Waals surface area contributed by atoms with Gasteiger partial charge in [0, 0.05) is 19.1 Å². The minimum atomic E-state index is -0.615. The summed E-state index contributed by atoms with van der Waals surface area (Å²) < 4.78 is 0. The van der Waals surface area contributed by atoms with Crippen LogP contribution in [0.25, 0.3) is 0 Å². The molecule has 5 aliphatic rings. The highest BCUT2D eigenvalue weighted by atomic mass is 16.2. The first kappa shape index (κ1) is 21.6. The normalized spacial score (nSPS) is 35.8. The van der Waals surface area contributed by atoms with Gasteiger partial charge in [-0.3, -0.25) is 19.3 Å². The first-order valence-corrected chi connectivity index (χ1v) is 11.8. The van der Waals surface area contributed by atoms with Crippen LogP contribution in [-0.4, -0.2) is 66.9 Å². The molecule has 4 saturated carbocycles. The Hall–Kier alpha value is -1.67. The Morgan fingerprint density at radius 1 is 1.07 bits per heavy atom. The number of carbonyl (C=O) groups excluding carboxylic acids is 3. The van der Waals surface area contributed by atoms with Crippen LogP contribution in [0, 0.1) is 23.7 Å². The summed E-state index contributed by atoms with van der Waals surface area (Å²) in [6.45, 7) is 3.49. The predicted octanol–water partition coefficient (Wildman–Crippen LogP) is -0.0287. The summed E-state index contributed by atoms with van der Waals surface area (Å²) in [6.07, 6.45) is 8.53. The largest absolute Gasteiger partial charge is 0.353 e. The minimum absolute atomic E-state index is 0.0894. The zero-order valence-corrected chi connectivity index (χ0v) is 18.1. The van der Waals surface area contributed by atoms with Crippen molar-refractivity contribution in [1.29, 1.82) is 0 Å². The van der Waals surface area contributed by atoms with Crippen molar-refractivity contribution < 1.29 is 14.4 Å². The lowest BCUT2D eigenvalue weighted by Gasteiger charge is -2.54. The molecule has 5 N–H and O–H groups in total. The number of nitrogens with zero attached hydrogens (tertiary/aromatic N) is 1. The molecule has 0 radical (unpaired) electrons. The van der Waals surface area contributed by atoms with E-state index < -0.39 is 6.04 Å². The standard InChI is InChI=1S/C22H37N5O3/c1-13(25-19(28)12-23)21(29)24-4-6-27-5-2-3-18(27)22(30)26-20-16-8-14-7-15(10-16)11-17(20)9-14/h13-18,20H,2-12,23H2,1H3,(H,24,29)(H,25,28)(H,26,30)/t13-,14?,15?,16?,17?,18+,20?/m0/s1. The Labute approximate surface area is 179 Å². The van der Waals surface area contributed by atoms with Gasteiger partial charge in [-0.05, 0) is 82.1 Å². The Morgan fingerprint density at radius 3 is 2.37 bits per heavy atom. The maximum Gasteiger partial charge on any atom is 0.242 e. The van der Waals surface area contributed by atoms with E-state index in [4.69, 9.17) is 5.73 Å². The highest BCUT2D eigenvalue weighted by Crippen LogP contribution is 2.53. The highest BCUT2D eigenvalue weighted by Gasteiger charge is 2.49. The molecule has 4 aliphatic carbocycles. The number of carbonyl (C=O) groups is 3. The third-order valence-corrected chi connectivity index (χ3v) is 7.86. The van der Waals surface area contributed by atoms with Gasteiger partial charge in [-0.15, -0.1) is 0 Å². The minimum Gasteiger partial charge on any atom is -0.353 e. The second-order valence-electron chi connectivity index (χ2n) is 9.94. The van der Waals surface area contributed by atoms with Crippen molar-refractivity contribution in [1.82, 2.24) is 20.9 Å². The summed E-state index contributed by atoms with van der Waals surface area (Å²) in [4.78, 5) is 38.7. The van der Waals surface area contributed by atoms with Crippen molar-refractivity contribution in [2.75, 3.05) is 26.2 Å². The predicted molar refractivity (Wildman–Crippen MR) is 113 cm³/mol. The number of hydrogen-bond acceptors (Lipinski definition) is 5. The summed E-state index contributed by atoms with van der Waals surface area (Å²) in [5, 5.41) is 8.86. The van der Waals surface area contributed by atoms with Gasteiger partial charge in [0.15, 0.2) is 0 Å². The molecule has 0 aromatic carbocycles. The lowest BCUT2D eigenvalue weighted by atomic mass is 9.54. The first-order valence-electron chi connectivity index (χ1n) is 11.8. The third-order valence-electron chi connectivity index (χ3n) is 7.86. The number of hydrogen-bond donors (Lipinski definition) is 4. The van der Waals surface area contributed by atoms with Gasteiger partial charge in [0.1, 0.15) is 6.04 Å². The Bertz CT molecular complexity index is 641. The van der Waals surface area contributed by atoms with E-state index in [-0.39, 0.29) is 30.3 Å². The topological polar surface area (TPSA) is 117 Å². The SMILES string of the molecule is C[C@H](NC(=O)CN)C(=O)NCCN1CCC[C@@H]1C(=O)NC1C2CC3CC(C2)CC1C3. The Balaban J connectivity index is 1.23. The molecule has 1 saturated heterocycles. The van der Waals surface area contributed by atoms with Gasteiger partial charge in [-0.2, -0.15) is 0 Å². The molecular weight excluding hydrogens is 382 g/mol. The molecule has 1 heterocycles. The second kappa shape index (κ2) is 9.22. The number of rotatable bonds is 8. The summed E-state index contributed by atoms with van der Waals surface area (Å²) in [5.74, 6) is 2.78. The van der Waals surface area contributed by atoms with Gasteiger partial charge in [-0.1, -0.05) is 0 Å². The quantitative estimate of drug-likeness (QED) is 0.441. The van der Waals surface area contributed by atoms with Crippen LogP contribution in [0.5, 0.6) is 0 Å². The van der Waals surface area contributed by atoms with Gasteiger partial charge in [-0.25, -0.2) is 0 Å². The Morgan fingerprint density at radius 2 is 1.73 bits per heavy atom. The fraction of sp³-hybridized carbons (Fsp3) is 0.864. The fourth-order valence-electron chi connectivity index (χ4n) is 6.65. The zero-order chi connectivity index (χ0) is 21.3. The summed E-state index contributed by atoms with van der Waals surface area (Å²) in [6, 6.07) is -0.330. The molecule has 0 aromatic heterocycles. The Kier molecular flexibility index (Phi) is 6.63. The molecule has 3 amide bonds. The van der Waals surface area contributed by atoms with E-state index >= 15 is 0 Å². The van der Waals surface area contributed by atoms with E-state index in [1.807, 2.05) is 0 Å². The van der Waals surface area contributed by atoms with Gasteiger partial charge in [0.2, 0.25) is 17.7 Å². The van der Waals surface area contributed by atoms with Gasteiger partial charge < -0.3 is 21.7 Å². The molecule has 168 valence electrons. The van der Waals surface area contributed by atoms with E-state index in [2.05, 4.69) is 20.9 Å². The summed E-state index contributed by atoms with van der Waals surface area (Å²) >= 11 is 0. The van der Waals surface area contributed by atoms with Gasteiger partial charge in [0.05, 0.1) is 12.6 Å². The van der Waals surface area contributed by atoms with Crippen molar-refractivity contribution in [3.8, 4) is 0 Å². The van der Waals surface area contributed by atoms with Crippen LogP contribution < -0.4 is 21.7 Å². The van der Waals surface area contributed by atoms with Crippen LogP contribution in [0.1, 0.15) is 51.9 Å². The maximum atomic E-state index is 13.1. The molecule has 0 aromatic rings. The van der Waals surface area contributed by atoms with Crippen LogP contribution in [0.15, 0.2) is 0 Å². The second-order valence-corrected chi connectivity index (χ2v) is 9.94. The molecule has 8 heteroatoms. The van der Waals surface area contributed by atoms with Crippen LogP contribution in [0.2, 0.25) is 0 Å². The van der Waals surface area contributed by atoms with Crippen LogP contribution in [0.3, 0.4) is 0 Å². The molecule has 0 spiro atoms. The van der Waals surface area contributed by atoms with Crippen LogP contribution in [-0.2, 0) is 14.4 Å². The number of amides is 3. The highest BCUT2D eigenvalue weighted by molar-refractivity contribution is 5.87. The summed E-state index contributed by atoms with van der Waals surface area (Å²) in [5.41, 5.74) is 5.26. The van der Waals surface area contributed by atoms with Crippen LogP contribution in [0.4, 0.5) is 0 Å². The maximum absolute atomic E-state index is 13.1.